The first-order valence-corrected chi connectivity index (χ1v) is 21.1. The van der Waals surface area contributed by atoms with Gasteiger partial charge >= 0.3 is 0 Å². The lowest BCUT2D eigenvalue weighted by molar-refractivity contribution is 0.289. The van der Waals surface area contributed by atoms with Crippen LogP contribution in [0.2, 0.25) is 0 Å². The van der Waals surface area contributed by atoms with E-state index in [2.05, 4.69) is 135 Å². The molecule has 2 aliphatic carbocycles. The number of para-hydroxylation sites is 1. The molecule has 7 aromatic carbocycles. The van der Waals surface area contributed by atoms with E-state index in [1.807, 2.05) is 102 Å². The summed E-state index contributed by atoms with van der Waals surface area (Å²) in [5.41, 5.74) is 18.4. The average molecular weight is 779 g/mol. The van der Waals surface area contributed by atoms with Crippen molar-refractivity contribution in [3.05, 3.63) is 214 Å². The normalized spacial score (nSPS) is 11.3. The molecule has 10 rings (SSSR count). The van der Waals surface area contributed by atoms with Crippen LogP contribution in [0.4, 0.5) is 5.69 Å². The van der Waals surface area contributed by atoms with Crippen LogP contribution < -0.4 is 9.64 Å². The van der Waals surface area contributed by atoms with Gasteiger partial charge in [-0.25, -0.2) is 0 Å². The molecule has 302 valence electrons. The summed E-state index contributed by atoms with van der Waals surface area (Å²) in [6, 6.07) is 58.5. The Morgan fingerprint density at radius 2 is 1.02 bits per heavy atom. The van der Waals surface area contributed by atoms with Gasteiger partial charge in [-0.2, -0.15) is 5.26 Å². The van der Waals surface area contributed by atoms with Crippen LogP contribution in [0.15, 0.2) is 164 Å². The minimum absolute atomic E-state index is 0.625. The van der Waals surface area contributed by atoms with Gasteiger partial charge in [0.2, 0.25) is 0 Å². The summed E-state index contributed by atoms with van der Waals surface area (Å²) in [4.78, 5) is 2.24. The Hall–Kier alpha value is -6.37. The van der Waals surface area contributed by atoms with Crippen molar-refractivity contribution >= 4 is 5.69 Å². The predicted molar refractivity (Wildman–Crippen MR) is 253 cm³/mol. The Bertz CT molecular complexity index is 2330. The fourth-order valence-corrected chi connectivity index (χ4v) is 6.94. The van der Waals surface area contributed by atoms with Crippen molar-refractivity contribution in [2.24, 2.45) is 0 Å². The molecular weight excluding hydrogens is 717 g/mol. The van der Waals surface area contributed by atoms with Crippen molar-refractivity contribution in [3.63, 3.8) is 0 Å². The molecule has 3 nitrogen and oxygen atoms in total. The highest BCUT2D eigenvalue weighted by Crippen LogP contribution is 2.46. The number of hydrogen-bond donors (Lipinski definition) is 0. The quantitative estimate of drug-likeness (QED) is 0.166. The summed E-state index contributed by atoms with van der Waals surface area (Å²) in [7, 11) is 0. The lowest BCUT2D eigenvalue weighted by Gasteiger charge is -2.30. The van der Waals surface area contributed by atoms with Gasteiger partial charge in [0.1, 0.15) is 5.75 Å². The van der Waals surface area contributed by atoms with Crippen molar-refractivity contribution in [1.29, 1.82) is 5.26 Å². The molecule has 0 amide bonds. The Morgan fingerprint density at radius 3 is 1.59 bits per heavy atom. The minimum Gasteiger partial charge on any atom is -0.473 e. The summed E-state index contributed by atoms with van der Waals surface area (Å²) in [6.45, 7) is 20.0. The van der Waals surface area contributed by atoms with Gasteiger partial charge < -0.3 is 9.64 Å². The van der Waals surface area contributed by atoms with E-state index in [1.54, 1.807) is 11.1 Å². The number of rotatable bonds is 1. The van der Waals surface area contributed by atoms with Gasteiger partial charge in [-0.05, 0) is 116 Å². The van der Waals surface area contributed by atoms with Gasteiger partial charge in [0.05, 0.1) is 11.6 Å². The monoisotopic (exact) mass is 778 g/mol. The highest BCUT2D eigenvalue weighted by molar-refractivity contribution is 6.02. The van der Waals surface area contributed by atoms with Crippen molar-refractivity contribution in [2.45, 2.75) is 81.7 Å². The number of aryl methyl sites for hydroxylation is 6. The molecule has 0 fully saturated rings. The van der Waals surface area contributed by atoms with Crippen molar-refractivity contribution in [2.75, 3.05) is 11.6 Å². The molecule has 0 saturated carbocycles. The van der Waals surface area contributed by atoms with Crippen LogP contribution in [0.1, 0.15) is 77.8 Å². The molecule has 3 aliphatic rings. The lowest BCUT2D eigenvalue weighted by Crippen LogP contribution is -2.31. The first kappa shape index (κ1) is 45.3. The van der Waals surface area contributed by atoms with E-state index >= 15 is 0 Å². The van der Waals surface area contributed by atoms with Crippen molar-refractivity contribution in [1.82, 2.24) is 0 Å². The maximum Gasteiger partial charge on any atom is 0.161 e. The lowest BCUT2D eigenvalue weighted by atomic mass is 9.80. The van der Waals surface area contributed by atoms with E-state index < -0.39 is 0 Å². The largest absolute Gasteiger partial charge is 0.473 e. The zero-order valence-corrected chi connectivity index (χ0v) is 36.7. The zero-order valence-electron chi connectivity index (χ0n) is 36.7. The number of nitriles is 1. The van der Waals surface area contributed by atoms with Gasteiger partial charge in [0.15, 0.2) is 6.73 Å². The second-order valence-corrected chi connectivity index (χ2v) is 14.3. The standard InChI is InChI=1S/C15H15NO.C13H10.C9H9N.C9H10.C6H6.2C2H6/c1-12-7-8-15-13(9-12)10-16(11-17-15)14-5-3-2-4-6-14;1-9-6-7-12-10-4-2-3-5-11(10)13(12)8-9;1-7-3-4-9(6-10)8(2)5-7;1-7-3-2-4-8-5-6-9(7)8;1-2-4-6-5-3-1;2*1-2/h2-9H,10-11H2,1H3;2-8H,1H3;3-5H,1-2H3;2-4H,5-6H2,1H3;1-6H;2*1-2H3. The smallest absolute Gasteiger partial charge is 0.161 e. The third-order valence-electron chi connectivity index (χ3n) is 10.1. The van der Waals surface area contributed by atoms with Gasteiger partial charge in [-0.3, -0.25) is 0 Å². The van der Waals surface area contributed by atoms with Crippen LogP contribution >= 0.6 is 0 Å². The number of hydrogen-bond acceptors (Lipinski definition) is 3. The predicted octanol–water partition coefficient (Wildman–Crippen LogP) is 15.0. The van der Waals surface area contributed by atoms with Crippen LogP contribution in [-0.4, -0.2) is 6.73 Å². The molecule has 0 saturated heterocycles. The number of benzene rings is 7. The molecule has 3 heteroatoms. The summed E-state index contributed by atoms with van der Waals surface area (Å²) in [5.74, 6) is 1.02. The van der Waals surface area contributed by atoms with Gasteiger partial charge in [-0.1, -0.05) is 184 Å². The fourth-order valence-electron chi connectivity index (χ4n) is 6.94. The second kappa shape index (κ2) is 23.8. The molecule has 1 aliphatic heterocycles. The second-order valence-electron chi connectivity index (χ2n) is 14.3. The van der Waals surface area contributed by atoms with Crippen molar-refractivity contribution in [3.8, 4) is 34.1 Å². The molecule has 0 N–H and O–H groups in total. The molecule has 1 heterocycles. The highest BCUT2D eigenvalue weighted by atomic mass is 16.5. The topological polar surface area (TPSA) is 36.3 Å². The number of anilines is 1. The van der Waals surface area contributed by atoms with Crippen LogP contribution in [-0.2, 0) is 19.4 Å². The van der Waals surface area contributed by atoms with E-state index in [4.69, 9.17) is 10.00 Å². The molecule has 0 bridgehead atoms. The van der Waals surface area contributed by atoms with E-state index in [1.165, 1.54) is 68.6 Å². The third kappa shape index (κ3) is 12.8. The van der Waals surface area contributed by atoms with Gasteiger partial charge in [0, 0.05) is 17.8 Å². The minimum atomic E-state index is 0.625. The maximum atomic E-state index is 8.56. The molecular formula is C56H62N2O. The molecule has 0 spiro atoms. The third-order valence-corrected chi connectivity index (χ3v) is 10.1. The van der Waals surface area contributed by atoms with E-state index in [0.29, 0.717) is 6.73 Å². The van der Waals surface area contributed by atoms with E-state index in [0.717, 1.165) is 23.4 Å². The average Bonchev–Trinajstić information content (AvgIpc) is 3.27. The van der Waals surface area contributed by atoms with Gasteiger partial charge in [0.25, 0.3) is 0 Å². The molecule has 0 atom stereocenters. The number of nitrogens with zero attached hydrogens (tertiary/aromatic N) is 2. The summed E-state index contributed by atoms with van der Waals surface area (Å²) >= 11 is 0. The first-order chi connectivity index (χ1) is 28.8. The fraction of sp³-hybridized carbons (Fsp3) is 0.232. The van der Waals surface area contributed by atoms with Gasteiger partial charge in [-0.15, -0.1) is 0 Å². The Balaban J connectivity index is 0.000000165. The number of ether oxygens (including phenoxy) is 1. The first-order valence-electron chi connectivity index (χ1n) is 21.1. The van der Waals surface area contributed by atoms with Crippen LogP contribution in [0.3, 0.4) is 0 Å². The zero-order chi connectivity index (χ0) is 42.6. The summed E-state index contributed by atoms with van der Waals surface area (Å²) < 4.78 is 5.77. The highest BCUT2D eigenvalue weighted by Gasteiger charge is 2.20. The van der Waals surface area contributed by atoms with Crippen LogP contribution in [0.25, 0.3) is 22.3 Å². The molecule has 7 aromatic rings. The Morgan fingerprint density at radius 1 is 0.475 bits per heavy atom. The SMILES string of the molecule is CC.CC.Cc1ccc(C#N)c(C)c1.Cc1ccc2c(c1)-c1ccccc1-2.Cc1ccc2c(c1)CN(c1ccccc1)CO2.Cc1cccc2c1CC2.c1ccccc1. The van der Waals surface area contributed by atoms with E-state index in [-0.39, 0.29) is 0 Å². The van der Waals surface area contributed by atoms with Crippen LogP contribution in [0, 0.1) is 45.9 Å². The van der Waals surface area contributed by atoms with E-state index in [9.17, 15) is 0 Å². The maximum absolute atomic E-state index is 8.56. The van der Waals surface area contributed by atoms with Crippen LogP contribution in [0.5, 0.6) is 5.75 Å². The summed E-state index contributed by atoms with van der Waals surface area (Å²) in [5, 5.41) is 8.56. The molecule has 0 radical (unpaired) electrons. The molecule has 0 aromatic heterocycles. The molecule has 59 heavy (non-hydrogen) atoms. The Labute approximate surface area is 355 Å². The van der Waals surface area contributed by atoms with Crippen molar-refractivity contribution < 1.29 is 4.74 Å². The number of fused-ring (bicyclic) bond motifs is 6. The Kier molecular flexibility index (Phi) is 18.3. The summed E-state index contributed by atoms with van der Waals surface area (Å²) in [6.07, 6.45) is 2.61. The molecule has 0 unspecified atom stereocenters.